The van der Waals surface area contributed by atoms with Crippen LogP contribution in [0.5, 0.6) is 0 Å². The molecule has 0 atom stereocenters. The van der Waals surface area contributed by atoms with Gasteiger partial charge in [-0.05, 0) is 0 Å². The molecule has 0 bridgehead atoms. The van der Waals surface area contributed by atoms with Crippen molar-refractivity contribution in [3.05, 3.63) is 0 Å². The molecule has 0 aromatic rings. The second-order valence-corrected chi connectivity index (χ2v) is 5.03. The van der Waals surface area contributed by atoms with Gasteiger partial charge in [-0.2, -0.15) is 30.6 Å². The van der Waals surface area contributed by atoms with Crippen LogP contribution in [-0.2, 0) is 14.9 Å². The number of likely N-dealkylation sites (N-methyl/N-ethyl adjacent to an activating group) is 1. The fourth-order valence-electron chi connectivity index (χ4n) is 0.782. The summed E-state index contributed by atoms with van der Waals surface area (Å²) in [5, 5.41) is 0. The zero-order chi connectivity index (χ0) is 13.5. The maximum atomic E-state index is 11.8. The van der Waals surface area contributed by atoms with E-state index < -0.39 is 22.9 Å². The predicted molar refractivity (Wildman–Crippen MR) is 55.5 cm³/mol. The number of halogens is 3. The van der Waals surface area contributed by atoms with Crippen LogP contribution in [0.15, 0.2) is 0 Å². The van der Waals surface area contributed by atoms with Crippen molar-refractivity contribution in [3.63, 3.8) is 0 Å². The van der Waals surface area contributed by atoms with Gasteiger partial charge >= 0.3 is 6.18 Å². The van der Waals surface area contributed by atoms with Crippen LogP contribution in [0.4, 0.5) is 13.2 Å². The summed E-state index contributed by atoms with van der Waals surface area (Å²) in [6.45, 7) is -1.01. The smallest absolute Gasteiger partial charge is 0.379 e. The molecule has 17 heavy (non-hydrogen) atoms. The van der Waals surface area contributed by atoms with Crippen LogP contribution < -0.4 is 10.5 Å². The molecule has 0 aliphatic heterocycles. The van der Waals surface area contributed by atoms with Crippen LogP contribution in [0.1, 0.15) is 0 Å². The lowest BCUT2D eigenvalue weighted by molar-refractivity contribution is -0.121. The van der Waals surface area contributed by atoms with E-state index in [1.165, 1.54) is 4.72 Å². The van der Waals surface area contributed by atoms with Gasteiger partial charge in [-0.1, -0.05) is 0 Å². The number of hydrogen-bond donors (Lipinski definition) is 2. The summed E-state index contributed by atoms with van der Waals surface area (Å²) < 4.78 is 65.1. The van der Waals surface area contributed by atoms with Gasteiger partial charge in [0.05, 0.1) is 13.2 Å². The van der Waals surface area contributed by atoms with E-state index in [0.29, 0.717) is 6.54 Å². The Bertz CT molecular complexity index is 307. The molecule has 0 aliphatic carbocycles. The predicted octanol–water partition coefficient (Wildman–Crippen LogP) is -0.710. The van der Waals surface area contributed by atoms with Crippen LogP contribution in [0.25, 0.3) is 0 Å². The Kier molecular flexibility index (Phi) is 6.94. The summed E-state index contributed by atoms with van der Waals surface area (Å²) in [7, 11) is -2.97. The molecule has 0 aromatic carbocycles. The SMILES string of the molecule is CN(CCOCCN)S(=O)(=O)NCC(F)(F)F. The molecular formula is C7H16F3N3O3S. The van der Waals surface area contributed by atoms with Gasteiger partial charge in [-0.15, -0.1) is 0 Å². The first-order valence-corrected chi connectivity index (χ1v) is 6.18. The summed E-state index contributed by atoms with van der Waals surface area (Å²) in [6, 6.07) is 0. The molecule has 0 radical (unpaired) electrons. The average Bonchev–Trinajstić information content (AvgIpc) is 2.20. The van der Waals surface area contributed by atoms with E-state index in [4.69, 9.17) is 10.5 Å². The summed E-state index contributed by atoms with van der Waals surface area (Å²) in [4.78, 5) is 0. The second kappa shape index (κ2) is 7.11. The number of alkyl halides is 3. The number of nitrogens with zero attached hydrogens (tertiary/aromatic N) is 1. The van der Waals surface area contributed by atoms with Crippen LogP contribution in [0, 0.1) is 0 Å². The fourth-order valence-corrected chi connectivity index (χ4v) is 1.66. The molecule has 0 aromatic heterocycles. The van der Waals surface area contributed by atoms with E-state index in [-0.39, 0.29) is 19.8 Å². The minimum absolute atomic E-state index is 0.0484. The van der Waals surface area contributed by atoms with E-state index in [2.05, 4.69) is 0 Å². The number of nitrogens with two attached hydrogens (primary N) is 1. The Morgan fingerprint density at radius 2 is 1.94 bits per heavy atom. The quantitative estimate of drug-likeness (QED) is 0.575. The third-order valence-corrected chi connectivity index (χ3v) is 3.19. The lowest BCUT2D eigenvalue weighted by atomic mass is 10.6. The first-order chi connectivity index (χ1) is 7.69. The first kappa shape index (κ1) is 16.6. The largest absolute Gasteiger partial charge is 0.402 e. The number of hydrogen-bond acceptors (Lipinski definition) is 4. The molecular weight excluding hydrogens is 263 g/mol. The maximum Gasteiger partial charge on any atom is 0.402 e. The standard InChI is InChI=1S/C7H16F3N3O3S/c1-13(3-5-16-4-2-11)17(14,15)12-6-7(8,9)10/h12H,2-6,11H2,1H3. The zero-order valence-electron chi connectivity index (χ0n) is 9.33. The van der Waals surface area contributed by atoms with Gasteiger partial charge in [0, 0.05) is 20.1 Å². The van der Waals surface area contributed by atoms with Crippen LogP contribution in [0.2, 0.25) is 0 Å². The molecule has 0 saturated carbocycles. The highest BCUT2D eigenvalue weighted by atomic mass is 32.2. The van der Waals surface area contributed by atoms with Gasteiger partial charge < -0.3 is 10.5 Å². The van der Waals surface area contributed by atoms with Crippen molar-refractivity contribution < 1.29 is 26.3 Å². The molecule has 0 aliphatic rings. The van der Waals surface area contributed by atoms with Gasteiger partial charge in [0.2, 0.25) is 0 Å². The van der Waals surface area contributed by atoms with Crippen molar-refractivity contribution in [1.29, 1.82) is 0 Å². The molecule has 0 fully saturated rings. The van der Waals surface area contributed by atoms with Crippen molar-refractivity contribution in [1.82, 2.24) is 9.03 Å². The summed E-state index contributed by atoms with van der Waals surface area (Å²) in [5.41, 5.74) is 5.13. The highest BCUT2D eigenvalue weighted by Crippen LogP contribution is 2.13. The van der Waals surface area contributed by atoms with Crippen molar-refractivity contribution in [3.8, 4) is 0 Å². The van der Waals surface area contributed by atoms with Crippen LogP contribution in [-0.4, -0.2) is 58.8 Å². The summed E-state index contributed by atoms with van der Waals surface area (Å²) >= 11 is 0. The second-order valence-electron chi connectivity index (χ2n) is 3.16. The minimum Gasteiger partial charge on any atom is -0.379 e. The third kappa shape index (κ3) is 8.32. The van der Waals surface area contributed by atoms with E-state index in [0.717, 1.165) is 11.4 Å². The third-order valence-electron chi connectivity index (χ3n) is 1.68. The van der Waals surface area contributed by atoms with Gasteiger partial charge in [0.15, 0.2) is 0 Å². The van der Waals surface area contributed by atoms with Gasteiger partial charge in [-0.3, -0.25) is 0 Å². The molecule has 3 N–H and O–H groups in total. The molecule has 0 rings (SSSR count). The maximum absolute atomic E-state index is 11.8. The van der Waals surface area contributed by atoms with Gasteiger partial charge in [0.1, 0.15) is 6.54 Å². The molecule has 10 heteroatoms. The molecule has 104 valence electrons. The summed E-state index contributed by atoms with van der Waals surface area (Å²) in [5.74, 6) is 0. The van der Waals surface area contributed by atoms with Crippen molar-refractivity contribution >= 4 is 10.2 Å². The molecule has 0 amide bonds. The fraction of sp³-hybridized carbons (Fsp3) is 1.00. The Balaban J connectivity index is 4.04. The zero-order valence-corrected chi connectivity index (χ0v) is 10.1. The number of rotatable bonds is 8. The topological polar surface area (TPSA) is 84.7 Å². The average molecular weight is 279 g/mol. The monoisotopic (exact) mass is 279 g/mol. The van der Waals surface area contributed by atoms with Gasteiger partial charge in [0.25, 0.3) is 10.2 Å². The Labute approximate surface area is 98.1 Å². The van der Waals surface area contributed by atoms with Crippen LogP contribution >= 0.6 is 0 Å². The van der Waals surface area contributed by atoms with E-state index in [1.807, 2.05) is 0 Å². The van der Waals surface area contributed by atoms with Crippen LogP contribution in [0.3, 0.4) is 0 Å². The summed E-state index contributed by atoms with van der Waals surface area (Å²) in [6.07, 6.45) is -4.58. The van der Waals surface area contributed by atoms with E-state index in [9.17, 15) is 21.6 Å². The lowest BCUT2D eigenvalue weighted by Gasteiger charge is -2.18. The van der Waals surface area contributed by atoms with Gasteiger partial charge in [-0.25, -0.2) is 0 Å². The lowest BCUT2D eigenvalue weighted by Crippen LogP contribution is -2.43. The minimum atomic E-state index is -4.58. The highest BCUT2D eigenvalue weighted by Gasteiger charge is 2.30. The van der Waals surface area contributed by atoms with Crippen molar-refractivity contribution in [2.24, 2.45) is 5.73 Å². The molecule has 0 spiro atoms. The first-order valence-electron chi connectivity index (χ1n) is 4.74. The van der Waals surface area contributed by atoms with Crippen molar-refractivity contribution in [2.75, 3.05) is 39.9 Å². The number of ether oxygens (including phenoxy) is 1. The van der Waals surface area contributed by atoms with E-state index in [1.54, 1.807) is 0 Å². The Morgan fingerprint density at radius 3 is 2.41 bits per heavy atom. The Morgan fingerprint density at radius 1 is 1.35 bits per heavy atom. The highest BCUT2D eigenvalue weighted by molar-refractivity contribution is 7.87. The molecule has 0 saturated heterocycles. The van der Waals surface area contributed by atoms with E-state index >= 15 is 0 Å². The molecule has 0 unspecified atom stereocenters. The normalized spacial score (nSPS) is 13.3. The number of nitrogens with one attached hydrogen (secondary N) is 1. The van der Waals surface area contributed by atoms with Crippen molar-refractivity contribution in [2.45, 2.75) is 6.18 Å². The molecule has 6 nitrogen and oxygen atoms in total. The molecule has 0 heterocycles. The Hall–Kier alpha value is -0.420.